The minimum absolute atomic E-state index is 0.0583. The zero-order chi connectivity index (χ0) is 10.3. The highest BCUT2D eigenvalue weighted by atomic mass is 32.2. The highest BCUT2D eigenvalue weighted by Gasteiger charge is 2.48. The van der Waals surface area contributed by atoms with Gasteiger partial charge >= 0.3 is 5.17 Å². The summed E-state index contributed by atoms with van der Waals surface area (Å²) < 4.78 is 24.7. The Balaban J connectivity index is 2.27. The summed E-state index contributed by atoms with van der Waals surface area (Å²) in [6.07, 6.45) is 1.75. The summed E-state index contributed by atoms with van der Waals surface area (Å²) in [6.45, 7) is 4.27. The van der Waals surface area contributed by atoms with E-state index < -0.39 is 9.84 Å². The third-order valence-electron chi connectivity index (χ3n) is 2.55. The molecule has 14 heavy (non-hydrogen) atoms. The number of hydrogen-bond donors (Lipinski definition) is 1. The number of hydrogen-bond acceptors (Lipinski definition) is 4. The molecule has 0 spiro atoms. The van der Waals surface area contributed by atoms with Crippen LogP contribution in [0.4, 0.5) is 0 Å². The first-order valence-corrected chi connectivity index (χ1v) is 7.10. The fourth-order valence-electron chi connectivity index (χ4n) is 1.95. The Kier molecular flexibility index (Phi) is 2.35. The van der Waals surface area contributed by atoms with E-state index in [0.29, 0.717) is 6.54 Å². The Morgan fingerprint density at radius 2 is 2.36 bits per heavy atom. The summed E-state index contributed by atoms with van der Waals surface area (Å²) in [5.41, 5.74) is 5.81. The van der Waals surface area contributed by atoms with Gasteiger partial charge in [-0.25, -0.2) is 13.0 Å². The second-order valence-corrected chi connectivity index (χ2v) is 6.99. The van der Waals surface area contributed by atoms with E-state index >= 15 is 0 Å². The number of rotatable bonds is 2. The molecule has 0 aromatic heterocycles. The van der Waals surface area contributed by atoms with Gasteiger partial charge in [-0.1, -0.05) is 12.7 Å². The molecule has 2 N–H and O–H groups in total. The lowest BCUT2D eigenvalue weighted by Crippen LogP contribution is -2.32. The molecule has 6 heteroatoms. The number of sulfone groups is 1. The van der Waals surface area contributed by atoms with Crippen molar-refractivity contribution in [1.82, 2.24) is 0 Å². The standard InChI is InChI=1S/C8H12N2O2S2/c1-2-3-10-6-4-14(11,12)5-7(6)13-8(10)9/h2,6-7,9H,1,3-5H2/p+1/t6-,7+/m1/s1. The third-order valence-corrected chi connectivity index (χ3v) is 5.74. The molecule has 0 saturated carbocycles. The summed E-state index contributed by atoms with van der Waals surface area (Å²) in [7, 11) is -2.85. The van der Waals surface area contributed by atoms with Crippen LogP contribution in [0.15, 0.2) is 12.7 Å². The van der Waals surface area contributed by atoms with Gasteiger partial charge in [-0.2, -0.15) is 0 Å². The van der Waals surface area contributed by atoms with Crippen LogP contribution < -0.4 is 5.73 Å². The summed E-state index contributed by atoms with van der Waals surface area (Å²) in [5.74, 6) is 0.496. The molecule has 0 aliphatic carbocycles. The van der Waals surface area contributed by atoms with Crippen LogP contribution >= 0.6 is 11.8 Å². The van der Waals surface area contributed by atoms with Crippen molar-refractivity contribution in [1.29, 1.82) is 0 Å². The molecule has 0 bridgehead atoms. The summed E-state index contributed by atoms with van der Waals surface area (Å²) in [6, 6.07) is 0.0583. The summed E-state index contributed by atoms with van der Waals surface area (Å²) in [5, 5.41) is 0.856. The molecule has 4 nitrogen and oxygen atoms in total. The van der Waals surface area contributed by atoms with Crippen LogP contribution in [0.1, 0.15) is 0 Å². The molecule has 2 rings (SSSR count). The van der Waals surface area contributed by atoms with Crippen LogP contribution in [0.3, 0.4) is 0 Å². The predicted octanol–water partition coefficient (Wildman–Crippen LogP) is -0.588. The van der Waals surface area contributed by atoms with Gasteiger partial charge in [0, 0.05) is 0 Å². The first-order chi connectivity index (χ1) is 6.53. The molecule has 0 unspecified atom stereocenters. The zero-order valence-electron chi connectivity index (χ0n) is 7.72. The fourth-order valence-corrected chi connectivity index (χ4v) is 5.81. The molecule has 2 heterocycles. The Labute approximate surface area is 87.8 Å². The highest BCUT2D eigenvalue weighted by molar-refractivity contribution is 8.15. The van der Waals surface area contributed by atoms with Gasteiger partial charge in [-0.15, -0.1) is 0 Å². The van der Waals surface area contributed by atoms with E-state index in [-0.39, 0.29) is 22.8 Å². The van der Waals surface area contributed by atoms with Crippen molar-refractivity contribution in [3.63, 3.8) is 0 Å². The monoisotopic (exact) mass is 233 g/mol. The molecule has 2 atom stereocenters. The zero-order valence-corrected chi connectivity index (χ0v) is 9.35. The van der Waals surface area contributed by atoms with Crippen LogP contribution in [0.2, 0.25) is 0 Å². The largest absolute Gasteiger partial charge is 0.305 e. The molecule has 78 valence electrons. The number of nitrogens with zero attached hydrogens (tertiary/aromatic N) is 1. The van der Waals surface area contributed by atoms with E-state index in [1.807, 2.05) is 4.58 Å². The first-order valence-electron chi connectivity index (χ1n) is 4.40. The number of amidine groups is 1. The van der Waals surface area contributed by atoms with Crippen molar-refractivity contribution in [2.24, 2.45) is 5.73 Å². The molecule has 2 aliphatic heterocycles. The van der Waals surface area contributed by atoms with Crippen LogP contribution in [0, 0.1) is 0 Å². The van der Waals surface area contributed by atoms with Gasteiger partial charge in [0.25, 0.3) is 0 Å². The fraction of sp³-hybridized carbons (Fsp3) is 0.625. The SMILES string of the molecule is C=CC[N+]1=C(N)S[C@H]2CS(=O)(=O)C[C@H]21. The van der Waals surface area contributed by atoms with E-state index in [9.17, 15) is 8.42 Å². The summed E-state index contributed by atoms with van der Waals surface area (Å²) in [4.78, 5) is 0. The topological polar surface area (TPSA) is 63.2 Å². The van der Waals surface area contributed by atoms with E-state index in [2.05, 4.69) is 6.58 Å². The van der Waals surface area contributed by atoms with Crippen molar-refractivity contribution in [2.75, 3.05) is 18.1 Å². The van der Waals surface area contributed by atoms with Crippen LogP contribution in [-0.4, -0.2) is 47.5 Å². The van der Waals surface area contributed by atoms with Crippen LogP contribution in [0.5, 0.6) is 0 Å². The number of fused-ring (bicyclic) bond motifs is 1. The average Bonchev–Trinajstić information content (AvgIpc) is 2.47. The second kappa shape index (κ2) is 3.27. The summed E-state index contributed by atoms with van der Waals surface area (Å²) >= 11 is 1.48. The smallest absolute Gasteiger partial charge is 0.281 e. The molecule has 0 aromatic carbocycles. The van der Waals surface area contributed by atoms with Crippen molar-refractivity contribution < 1.29 is 13.0 Å². The second-order valence-electron chi connectivity index (χ2n) is 3.58. The molecule has 0 radical (unpaired) electrons. The molecule has 2 aliphatic rings. The maximum atomic E-state index is 11.4. The maximum absolute atomic E-state index is 11.4. The lowest BCUT2D eigenvalue weighted by atomic mass is 10.2. The molecule has 0 aromatic rings. The normalized spacial score (nSPS) is 34.6. The Bertz CT molecular complexity index is 400. The Morgan fingerprint density at radius 1 is 1.64 bits per heavy atom. The van der Waals surface area contributed by atoms with E-state index in [4.69, 9.17) is 5.73 Å². The van der Waals surface area contributed by atoms with Gasteiger partial charge < -0.3 is 0 Å². The van der Waals surface area contributed by atoms with Gasteiger partial charge in [0.15, 0.2) is 9.84 Å². The van der Waals surface area contributed by atoms with Crippen molar-refractivity contribution in [2.45, 2.75) is 11.3 Å². The van der Waals surface area contributed by atoms with Crippen LogP contribution in [-0.2, 0) is 9.84 Å². The first kappa shape index (κ1) is 10.0. The van der Waals surface area contributed by atoms with Crippen molar-refractivity contribution >= 4 is 26.8 Å². The van der Waals surface area contributed by atoms with Gasteiger partial charge in [0.1, 0.15) is 12.6 Å². The van der Waals surface area contributed by atoms with Crippen molar-refractivity contribution in [3.8, 4) is 0 Å². The van der Waals surface area contributed by atoms with E-state index in [1.165, 1.54) is 11.8 Å². The number of nitrogens with two attached hydrogens (primary N) is 1. The highest BCUT2D eigenvalue weighted by Crippen LogP contribution is 2.32. The molecular weight excluding hydrogens is 220 g/mol. The van der Waals surface area contributed by atoms with Gasteiger partial charge in [0.2, 0.25) is 0 Å². The quantitative estimate of drug-likeness (QED) is 0.511. The maximum Gasteiger partial charge on any atom is 0.305 e. The molecule has 0 amide bonds. The molecule has 1 fully saturated rings. The number of thioether (sulfide) groups is 1. The van der Waals surface area contributed by atoms with E-state index in [0.717, 1.165) is 5.17 Å². The minimum atomic E-state index is -2.85. The predicted molar refractivity (Wildman–Crippen MR) is 58.3 cm³/mol. The van der Waals surface area contributed by atoms with Crippen molar-refractivity contribution in [3.05, 3.63) is 12.7 Å². The van der Waals surface area contributed by atoms with E-state index in [1.54, 1.807) is 6.08 Å². The Morgan fingerprint density at radius 3 is 3.00 bits per heavy atom. The minimum Gasteiger partial charge on any atom is -0.281 e. The van der Waals surface area contributed by atoms with Gasteiger partial charge in [-0.05, 0) is 11.8 Å². The Hall–Kier alpha value is -0.490. The lowest BCUT2D eigenvalue weighted by Gasteiger charge is -2.07. The average molecular weight is 233 g/mol. The molecular formula is C8H13N2O2S2+. The van der Waals surface area contributed by atoms with Gasteiger partial charge in [-0.3, -0.25) is 5.73 Å². The third kappa shape index (κ3) is 1.56. The van der Waals surface area contributed by atoms with Gasteiger partial charge in [0.05, 0.1) is 16.8 Å². The van der Waals surface area contributed by atoms with Crippen LogP contribution in [0.25, 0.3) is 0 Å². The lowest BCUT2D eigenvalue weighted by molar-refractivity contribution is -0.544. The molecule has 1 saturated heterocycles.